The van der Waals surface area contributed by atoms with E-state index in [1.165, 1.54) is 38.6 Å². The van der Waals surface area contributed by atoms with Crippen molar-refractivity contribution < 1.29 is 34.1 Å². The van der Waals surface area contributed by atoms with Gasteiger partial charge in [0.05, 0.1) is 0 Å². The van der Waals surface area contributed by atoms with Crippen molar-refractivity contribution in [1.82, 2.24) is 0 Å². The predicted molar refractivity (Wildman–Crippen MR) is 90.6 cm³/mol. The summed E-state index contributed by atoms with van der Waals surface area (Å²) in [6, 6.07) is 21.3. The molecule has 109 valence electrons. The second-order valence-electron chi connectivity index (χ2n) is 5.83. The number of fused-ring (bicyclic) bond motifs is 4. The van der Waals surface area contributed by atoms with Gasteiger partial charge in [-0.2, -0.15) is 23.6 Å². The molecule has 1 heteroatoms. The molecule has 1 aliphatic rings. The summed E-state index contributed by atoms with van der Waals surface area (Å²) in [6.07, 6.45) is 3.99. The van der Waals surface area contributed by atoms with Crippen LogP contribution < -0.4 is 0 Å². The molecule has 3 aromatic carbocycles. The van der Waals surface area contributed by atoms with E-state index in [0.29, 0.717) is 0 Å². The molecule has 0 saturated carbocycles. The van der Waals surface area contributed by atoms with Crippen molar-refractivity contribution >= 4 is 10.8 Å². The van der Waals surface area contributed by atoms with Gasteiger partial charge in [-0.3, -0.25) is 0 Å². The zero-order valence-electron chi connectivity index (χ0n) is 12.7. The first-order valence-corrected chi connectivity index (χ1v) is 7.67. The van der Waals surface area contributed by atoms with Gasteiger partial charge in [-0.05, 0) is 18.4 Å². The third-order valence-electron chi connectivity index (χ3n) is 4.52. The van der Waals surface area contributed by atoms with Crippen molar-refractivity contribution in [2.45, 2.75) is 25.7 Å². The maximum Gasteiger partial charge on any atom is 0 e. The van der Waals surface area contributed by atoms with Gasteiger partial charge in [-0.25, -0.2) is 0 Å². The van der Waals surface area contributed by atoms with Crippen LogP contribution in [-0.4, -0.2) is 0 Å². The summed E-state index contributed by atoms with van der Waals surface area (Å²) in [4.78, 5) is 0. The van der Waals surface area contributed by atoms with Gasteiger partial charge in [0.1, 0.15) is 0 Å². The molecular formula is C21H20Y-2. The Balaban J connectivity index is 0.000000960. The topological polar surface area (TPSA) is 0 Å². The van der Waals surface area contributed by atoms with Crippen LogP contribution in [0.5, 0.6) is 0 Å². The van der Waals surface area contributed by atoms with E-state index >= 15 is 0 Å². The molecule has 1 aliphatic carbocycles. The molecule has 0 bridgehead atoms. The summed E-state index contributed by atoms with van der Waals surface area (Å²) in [6.45, 7) is 4.02. The Hall–Kier alpha value is -0.976. The van der Waals surface area contributed by atoms with E-state index in [2.05, 4.69) is 61.5 Å². The Labute approximate surface area is 159 Å². The van der Waals surface area contributed by atoms with Crippen LogP contribution in [0, 0.1) is 13.0 Å². The molecule has 0 aliphatic heterocycles. The number of benzene rings is 3. The number of aryl methyl sites for hydroxylation is 1. The Morgan fingerprint density at radius 2 is 1.55 bits per heavy atom. The van der Waals surface area contributed by atoms with Crippen molar-refractivity contribution in [1.29, 1.82) is 0 Å². The summed E-state index contributed by atoms with van der Waals surface area (Å²) < 4.78 is 0. The molecule has 4 rings (SSSR count). The molecule has 0 nitrogen and oxygen atoms in total. The van der Waals surface area contributed by atoms with Crippen LogP contribution in [0.1, 0.15) is 35.7 Å². The van der Waals surface area contributed by atoms with Gasteiger partial charge in [0.2, 0.25) is 0 Å². The van der Waals surface area contributed by atoms with Crippen molar-refractivity contribution in [3.8, 4) is 0 Å². The van der Waals surface area contributed by atoms with E-state index in [-0.39, 0.29) is 34.1 Å². The van der Waals surface area contributed by atoms with E-state index in [1.54, 1.807) is 0 Å². The van der Waals surface area contributed by atoms with E-state index in [0.717, 1.165) is 25.7 Å². The molecule has 0 spiro atoms. The van der Waals surface area contributed by atoms with Crippen LogP contribution in [-0.2, 0) is 52.0 Å². The molecule has 0 heterocycles. The van der Waals surface area contributed by atoms with Crippen LogP contribution in [0.15, 0.2) is 48.5 Å². The first kappa shape index (κ1) is 15.9. The molecule has 0 N–H and O–H groups in total. The molecule has 22 heavy (non-hydrogen) atoms. The summed E-state index contributed by atoms with van der Waals surface area (Å²) >= 11 is 0. The fourth-order valence-electron chi connectivity index (χ4n) is 3.51. The Bertz CT molecular complexity index is 823. The average Bonchev–Trinajstić information content (AvgIpc) is 2.54. The van der Waals surface area contributed by atoms with E-state index in [4.69, 9.17) is 0 Å². The largest absolute Gasteiger partial charge is 0.343 e. The monoisotopic (exact) mass is 362 g/mol. The number of rotatable bonds is 2. The fourth-order valence-corrected chi connectivity index (χ4v) is 3.51. The maximum atomic E-state index is 4.02. The molecule has 0 fully saturated rings. The number of hydrogen-bond acceptors (Lipinski definition) is 0. The van der Waals surface area contributed by atoms with E-state index < -0.39 is 0 Å². The van der Waals surface area contributed by atoms with Gasteiger partial charge in [0.25, 0.3) is 0 Å². The first-order chi connectivity index (χ1) is 10.4. The fraction of sp³-hybridized carbons (Fsp3) is 0.190. The zero-order valence-corrected chi connectivity index (χ0v) is 15.6. The molecule has 3 aromatic rings. The molecule has 1 radical (unpaired) electrons. The third kappa shape index (κ3) is 2.68. The Morgan fingerprint density at radius 3 is 2.27 bits per heavy atom. The van der Waals surface area contributed by atoms with Gasteiger partial charge in [0, 0.05) is 34.1 Å². The van der Waals surface area contributed by atoms with Crippen LogP contribution in [0.2, 0.25) is 0 Å². The smallest absolute Gasteiger partial charge is 0 e. The van der Waals surface area contributed by atoms with Crippen molar-refractivity contribution in [2.24, 2.45) is 0 Å². The number of hydrogen-bond donors (Lipinski definition) is 0. The van der Waals surface area contributed by atoms with Crippen molar-refractivity contribution in [3.05, 3.63) is 89.3 Å². The van der Waals surface area contributed by atoms with Gasteiger partial charge in [-0.15, -0.1) is 22.4 Å². The quantitative estimate of drug-likeness (QED) is 0.433. The molecular weight excluding hydrogens is 341 g/mol. The van der Waals surface area contributed by atoms with Crippen LogP contribution in [0.25, 0.3) is 10.8 Å². The van der Waals surface area contributed by atoms with Gasteiger partial charge in [0.15, 0.2) is 0 Å². The van der Waals surface area contributed by atoms with E-state index in [1.807, 2.05) is 0 Å². The molecule has 0 amide bonds. The molecule has 0 atom stereocenters. The summed E-state index contributed by atoms with van der Waals surface area (Å²) in [5.74, 6) is 0. The van der Waals surface area contributed by atoms with Crippen molar-refractivity contribution in [3.63, 3.8) is 0 Å². The SMILES string of the molecule is [2HH].[CH2-]CCc1[c-]c2c(c3ccccc13)Cc1ccccc1C2.[Y]. The summed E-state index contributed by atoms with van der Waals surface area (Å²) in [5, 5.41) is 2.77. The van der Waals surface area contributed by atoms with Crippen LogP contribution >= 0.6 is 0 Å². The minimum Gasteiger partial charge on any atom is -0.343 e. The van der Waals surface area contributed by atoms with Crippen LogP contribution in [0.4, 0.5) is 0 Å². The van der Waals surface area contributed by atoms with E-state index in [9.17, 15) is 0 Å². The molecule has 0 unspecified atom stereocenters. The first-order valence-electron chi connectivity index (χ1n) is 7.67. The second-order valence-corrected chi connectivity index (χ2v) is 5.83. The zero-order chi connectivity index (χ0) is 14.2. The minimum absolute atomic E-state index is 0. The van der Waals surface area contributed by atoms with Gasteiger partial charge < -0.3 is 6.92 Å². The normalized spacial score (nSPS) is 12.4. The minimum atomic E-state index is 0. The van der Waals surface area contributed by atoms with Gasteiger partial charge >= 0.3 is 0 Å². The molecule has 0 aromatic heterocycles. The standard InChI is InChI=1S/C21H18.Y.H2/c1-2-7-17-13-18-12-15-8-3-4-9-16(15)14-21(18)20-11-6-5-10-19(17)20;;/h3-6,8-11H,1-2,7,12,14H2;;1H/q-2;;/i;;1+1. The maximum absolute atomic E-state index is 4.02. The predicted octanol–water partition coefficient (Wildman–Crippen LogP) is 5.15. The molecule has 0 saturated heterocycles. The second kappa shape index (κ2) is 6.64. The summed E-state index contributed by atoms with van der Waals surface area (Å²) in [7, 11) is 0. The van der Waals surface area contributed by atoms with Gasteiger partial charge in [-0.1, -0.05) is 54.4 Å². The third-order valence-corrected chi connectivity index (χ3v) is 4.52. The van der Waals surface area contributed by atoms with Crippen LogP contribution in [0.3, 0.4) is 0 Å². The average molecular weight is 362 g/mol. The Kier molecular flexibility index (Phi) is 4.80. The Morgan fingerprint density at radius 1 is 0.909 bits per heavy atom. The summed E-state index contributed by atoms with van der Waals surface area (Å²) in [5.41, 5.74) is 7.11. The van der Waals surface area contributed by atoms with Crippen molar-refractivity contribution in [2.75, 3.05) is 0 Å².